The number of phenols is 2. The van der Waals surface area contributed by atoms with Crippen molar-refractivity contribution >= 4 is 62.9 Å². The number of hydrogen-bond acceptors (Lipinski definition) is 6. The number of halogens is 2. The van der Waals surface area contributed by atoms with Crippen LogP contribution in [-0.2, 0) is 20.2 Å². The van der Waals surface area contributed by atoms with Crippen LogP contribution in [0.3, 0.4) is 0 Å². The number of phenolic OH excluding ortho intramolecular Hbond substituents is 2. The Morgan fingerprint density at radius 1 is 0.773 bits per heavy atom. The monoisotopic (exact) mass is 476 g/mol. The highest BCUT2D eigenvalue weighted by atomic mass is 79.9. The molecule has 0 atom stereocenters. The quantitative estimate of drug-likeness (QED) is 0.481. The zero-order valence-electron chi connectivity index (χ0n) is 10.1. The predicted molar refractivity (Wildman–Crippen MR) is 82.3 cm³/mol. The highest BCUT2D eigenvalue weighted by Crippen LogP contribution is 2.46. The summed E-state index contributed by atoms with van der Waals surface area (Å²) in [6, 6.07) is 1.66. The van der Waals surface area contributed by atoms with Crippen molar-refractivity contribution in [2.75, 3.05) is 0 Å². The van der Waals surface area contributed by atoms with Crippen LogP contribution in [0.2, 0.25) is 0 Å². The van der Waals surface area contributed by atoms with Crippen LogP contribution in [0.4, 0.5) is 0 Å². The van der Waals surface area contributed by atoms with Crippen molar-refractivity contribution in [3.63, 3.8) is 0 Å². The van der Waals surface area contributed by atoms with Crippen LogP contribution >= 0.6 is 31.9 Å². The van der Waals surface area contributed by atoms with Crippen LogP contribution in [-0.4, -0.2) is 36.2 Å². The van der Waals surface area contributed by atoms with Crippen LogP contribution < -0.4 is 0 Å². The molecule has 4 N–H and O–H groups in total. The first-order valence-electron chi connectivity index (χ1n) is 5.17. The average Bonchev–Trinajstić information content (AvgIpc) is 2.34. The second-order valence-electron chi connectivity index (χ2n) is 4.12. The first-order chi connectivity index (χ1) is 9.85. The minimum absolute atomic E-state index is 0.235. The summed E-state index contributed by atoms with van der Waals surface area (Å²) >= 11 is 5.54. The van der Waals surface area contributed by atoms with E-state index in [1.807, 2.05) is 0 Å². The largest absolute Gasteiger partial charge is 0.506 e. The second-order valence-corrected chi connectivity index (χ2v) is 8.49. The molecule has 12 heteroatoms. The molecule has 2 rings (SSSR count). The number of aromatic hydroxyl groups is 2. The third-order valence-corrected chi connectivity index (χ3v) is 6.63. The fraction of sp³-hybridized carbons (Fsp3) is 0. The minimum atomic E-state index is -4.73. The van der Waals surface area contributed by atoms with Gasteiger partial charge in [-0.3, -0.25) is 9.11 Å². The van der Waals surface area contributed by atoms with Crippen molar-refractivity contribution in [1.82, 2.24) is 0 Å². The van der Waals surface area contributed by atoms with Crippen LogP contribution in [0.25, 0.3) is 10.8 Å². The van der Waals surface area contributed by atoms with Gasteiger partial charge in [-0.1, -0.05) is 0 Å². The number of hydrogen-bond donors (Lipinski definition) is 4. The van der Waals surface area contributed by atoms with Gasteiger partial charge in [-0.25, -0.2) is 0 Å². The molecular formula is C10H6Br2O8S2. The summed E-state index contributed by atoms with van der Waals surface area (Å²) in [7, 11) is -9.46. The van der Waals surface area contributed by atoms with Gasteiger partial charge in [-0.15, -0.1) is 0 Å². The molecule has 22 heavy (non-hydrogen) atoms. The normalized spacial score (nSPS) is 12.7. The molecule has 0 aliphatic heterocycles. The summed E-state index contributed by atoms with van der Waals surface area (Å²) in [5.41, 5.74) is 0. The number of rotatable bonds is 2. The van der Waals surface area contributed by atoms with E-state index in [4.69, 9.17) is 9.11 Å². The molecule has 0 heterocycles. The Bertz CT molecular complexity index is 933. The highest BCUT2D eigenvalue weighted by Gasteiger charge is 2.26. The first kappa shape index (κ1) is 17.4. The summed E-state index contributed by atoms with van der Waals surface area (Å²) < 4.78 is 62.4. The Kier molecular flexibility index (Phi) is 4.21. The molecule has 0 aliphatic carbocycles. The third-order valence-electron chi connectivity index (χ3n) is 2.74. The molecule has 0 aliphatic rings. The molecule has 0 saturated carbocycles. The molecule has 2 aromatic carbocycles. The third kappa shape index (κ3) is 2.81. The lowest BCUT2D eigenvalue weighted by Crippen LogP contribution is -2.02. The summed E-state index contributed by atoms with van der Waals surface area (Å²) in [5, 5.41) is 19.5. The summed E-state index contributed by atoms with van der Waals surface area (Å²) in [4.78, 5) is -1.47. The molecule has 2 aromatic rings. The maximum Gasteiger partial charge on any atom is 0.295 e. The van der Waals surface area contributed by atoms with Crippen LogP contribution in [0.1, 0.15) is 0 Å². The van der Waals surface area contributed by atoms with Crippen molar-refractivity contribution in [2.45, 2.75) is 9.79 Å². The second kappa shape index (κ2) is 5.32. The first-order valence-corrected chi connectivity index (χ1v) is 9.64. The number of benzene rings is 2. The molecule has 0 amide bonds. The van der Waals surface area contributed by atoms with Gasteiger partial charge in [-0.2, -0.15) is 16.8 Å². The van der Waals surface area contributed by atoms with Crippen LogP contribution in [0.5, 0.6) is 11.5 Å². The summed E-state index contributed by atoms with van der Waals surface area (Å²) in [6.45, 7) is 0. The van der Waals surface area contributed by atoms with Gasteiger partial charge < -0.3 is 10.2 Å². The van der Waals surface area contributed by atoms with E-state index in [1.165, 1.54) is 0 Å². The zero-order valence-corrected chi connectivity index (χ0v) is 15.0. The Morgan fingerprint density at radius 2 is 1.09 bits per heavy atom. The topological polar surface area (TPSA) is 149 Å². The number of fused-ring (bicyclic) bond motifs is 1. The van der Waals surface area contributed by atoms with E-state index in [-0.39, 0.29) is 10.8 Å². The van der Waals surface area contributed by atoms with Crippen molar-refractivity contribution in [1.29, 1.82) is 0 Å². The standard InChI is InChI=1S/C10H6Br2O8S2/c11-7-4(21(15,16)17)1-3-2-5(22(18,19)20)8(12)10(14)6(3)9(7)13/h1-2,13-14H,(H,15,16,17)(H,18,19,20). The van der Waals surface area contributed by atoms with E-state index in [0.29, 0.717) is 0 Å². The predicted octanol–water partition coefficient (Wildman–Crippen LogP) is 2.27. The van der Waals surface area contributed by atoms with Crippen LogP contribution in [0, 0.1) is 0 Å². The van der Waals surface area contributed by atoms with Crippen molar-refractivity contribution in [2.24, 2.45) is 0 Å². The molecule has 0 unspecified atom stereocenters. The van der Waals surface area contributed by atoms with E-state index in [1.54, 1.807) is 0 Å². The van der Waals surface area contributed by atoms with Gasteiger partial charge >= 0.3 is 0 Å². The Hall–Kier alpha value is -0.920. The van der Waals surface area contributed by atoms with E-state index in [0.717, 1.165) is 12.1 Å². The smallest absolute Gasteiger partial charge is 0.295 e. The minimum Gasteiger partial charge on any atom is -0.506 e. The lowest BCUT2D eigenvalue weighted by molar-refractivity contribution is 0.452. The molecule has 0 bridgehead atoms. The molecule has 0 saturated heterocycles. The van der Waals surface area contributed by atoms with E-state index >= 15 is 0 Å². The summed E-state index contributed by atoms with van der Waals surface area (Å²) in [5.74, 6) is -1.46. The van der Waals surface area contributed by atoms with E-state index < -0.39 is 50.5 Å². The molecule has 0 aromatic heterocycles. The van der Waals surface area contributed by atoms with Gasteiger partial charge in [0.15, 0.2) is 0 Å². The Labute approximate surface area is 141 Å². The fourth-order valence-electron chi connectivity index (χ4n) is 1.81. The SMILES string of the molecule is O=S(=O)(O)c1cc2cc(S(=O)(=O)O)c(Br)c(O)c2c(O)c1Br. The Morgan fingerprint density at radius 3 is 1.36 bits per heavy atom. The fourth-order valence-corrected chi connectivity index (χ4v) is 4.86. The zero-order chi connectivity index (χ0) is 17.0. The van der Waals surface area contributed by atoms with Gasteiger partial charge in [0.1, 0.15) is 21.3 Å². The van der Waals surface area contributed by atoms with E-state index in [2.05, 4.69) is 31.9 Å². The molecule has 0 spiro atoms. The van der Waals surface area contributed by atoms with Gasteiger partial charge in [0.2, 0.25) is 0 Å². The van der Waals surface area contributed by atoms with Crippen LogP contribution in [0.15, 0.2) is 30.9 Å². The van der Waals surface area contributed by atoms with E-state index in [9.17, 15) is 27.0 Å². The lowest BCUT2D eigenvalue weighted by atomic mass is 10.1. The van der Waals surface area contributed by atoms with Crippen molar-refractivity contribution in [3.8, 4) is 11.5 Å². The molecule has 0 radical (unpaired) electrons. The highest BCUT2D eigenvalue weighted by molar-refractivity contribution is 9.11. The Balaban J connectivity index is 3.11. The molecular weight excluding hydrogens is 472 g/mol. The summed E-state index contributed by atoms with van der Waals surface area (Å²) in [6.07, 6.45) is 0. The maximum atomic E-state index is 11.3. The maximum absolute atomic E-state index is 11.3. The van der Waals surface area contributed by atoms with Gasteiger partial charge in [0, 0.05) is 0 Å². The van der Waals surface area contributed by atoms with Gasteiger partial charge in [0.25, 0.3) is 20.2 Å². The van der Waals surface area contributed by atoms with Gasteiger partial charge in [-0.05, 0) is 49.4 Å². The molecule has 8 nitrogen and oxygen atoms in total. The molecule has 0 fully saturated rings. The van der Waals surface area contributed by atoms with Crippen molar-refractivity contribution < 1.29 is 36.2 Å². The van der Waals surface area contributed by atoms with Gasteiger partial charge in [0.05, 0.1) is 14.3 Å². The van der Waals surface area contributed by atoms with Crippen molar-refractivity contribution in [3.05, 3.63) is 21.1 Å². The molecule has 120 valence electrons. The average molecular weight is 478 g/mol. The lowest BCUT2D eigenvalue weighted by Gasteiger charge is -2.12.